The number of carbonyl (C=O) groups excluding carboxylic acids is 4. The van der Waals surface area contributed by atoms with Crippen molar-refractivity contribution >= 4 is 43.5 Å². The number of anilines is 2. The van der Waals surface area contributed by atoms with E-state index in [0.717, 1.165) is 5.56 Å². The highest BCUT2D eigenvalue weighted by atomic mass is 28.4. The number of fused-ring (bicyclic) bond motifs is 2. The van der Waals surface area contributed by atoms with Crippen molar-refractivity contribution < 1.29 is 37.9 Å². The van der Waals surface area contributed by atoms with Gasteiger partial charge >= 0.3 is 5.97 Å². The van der Waals surface area contributed by atoms with Crippen molar-refractivity contribution in [2.45, 2.75) is 75.9 Å². The van der Waals surface area contributed by atoms with E-state index in [1.54, 1.807) is 27.8 Å². The average Bonchev–Trinajstić information content (AvgIpc) is 3.44. The summed E-state index contributed by atoms with van der Waals surface area (Å²) in [5.41, 5.74) is 0.514. The zero-order valence-electron chi connectivity index (χ0n) is 27.0. The molecular formula is C34H44FN3O7Si. The minimum absolute atomic E-state index is 0.0144. The van der Waals surface area contributed by atoms with Gasteiger partial charge in [0.25, 0.3) is 5.91 Å². The van der Waals surface area contributed by atoms with Crippen LogP contribution >= 0.6 is 0 Å². The Labute approximate surface area is 270 Å². The number of aliphatic hydroxyl groups excluding tert-OH is 1. The van der Waals surface area contributed by atoms with Crippen LogP contribution < -0.4 is 9.80 Å². The van der Waals surface area contributed by atoms with Crippen LogP contribution in [0.15, 0.2) is 48.5 Å². The molecule has 12 heteroatoms. The summed E-state index contributed by atoms with van der Waals surface area (Å²) in [4.78, 5) is 57.3. The number of aliphatic hydroxyl groups is 1. The smallest absolute Gasteiger partial charge is 0.305 e. The molecule has 0 unspecified atom stereocenters. The second-order valence-corrected chi connectivity index (χ2v) is 16.8. The third-order valence-electron chi connectivity index (χ3n) is 9.66. The van der Waals surface area contributed by atoms with Crippen LogP contribution in [0.3, 0.4) is 0 Å². The number of unbranched alkanes of at least 4 members (excludes halogenated alkanes) is 1. The van der Waals surface area contributed by atoms with Crippen LogP contribution in [0.2, 0.25) is 18.6 Å². The standard InChI is InChI=1S/C34H44FN3O7Si/c1-23-32(46(3,4)35)28(21-30(41)36(18-19-39)22-24-10-6-5-7-11-24)45-34(23)26-20-25(37-17-15-29(37)40)13-14-27(26)38(33(34)43)16-9-8-12-31(42)44-2/h5-7,10-11,13-14,20,23,28,32,39H,8-9,12,15-19,21-22H2,1-4H3/t23-,28+,32-,34+/m1/s1. The summed E-state index contributed by atoms with van der Waals surface area (Å²) in [6.45, 7) is 6.05. The molecule has 46 heavy (non-hydrogen) atoms. The molecule has 3 amide bonds. The summed E-state index contributed by atoms with van der Waals surface area (Å²) >= 11 is 0. The van der Waals surface area contributed by atoms with Gasteiger partial charge in [0.05, 0.1) is 31.9 Å². The van der Waals surface area contributed by atoms with Gasteiger partial charge < -0.3 is 33.4 Å². The van der Waals surface area contributed by atoms with Crippen molar-refractivity contribution in [1.82, 2.24) is 4.90 Å². The Bertz CT molecular complexity index is 1470. The average molecular weight is 654 g/mol. The van der Waals surface area contributed by atoms with Crippen molar-refractivity contribution in [3.63, 3.8) is 0 Å². The number of methoxy groups -OCH3 is 1. The van der Waals surface area contributed by atoms with Gasteiger partial charge in [-0.1, -0.05) is 37.3 Å². The monoisotopic (exact) mass is 653 g/mol. The summed E-state index contributed by atoms with van der Waals surface area (Å²) in [7, 11) is -2.20. The first-order valence-electron chi connectivity index (χ1n) is 16.0. The number of amides is 3. The quantitative estimate of drug-likeness (QED) is 0.113. The van der Waals surface area contributed by atoms with E-state index in [0.29, 0.717) is 49.3 Å². The van der Waals surface area contributed by atoms with Gasteiger partial charge in [0.1, 0.15) is 0 Å². The van der Waals surface area contributed by atoms with Gasteiger partial charge in [0.15, 0.2) is 5.60 Å². The van der Waals surface area contributed by atoms with E-state index in [-0.39, 0.29) is 56.2 Å². The lowest BCUT2D eigenvalue weighted by Gasteiger charge is -2.33. The normalized spacial score (nSPS) is 23.9. The predicted octanol–water partition coefficient (Wildman–Crippen LogP) is 4.30. The highest BCUT2D eigenvalue weighted by Gasteiger charge is 2.67. The molecule has 3 aliphatic rings. The maximum Gasteiger partial charge on any atom is 0.305 e. The summed E-state index contributed by atoms with van der Waals surface area (Å²) < 4.78 is 27.9. The predicted molar refractivity (Wildman–Crippen MR) is 173 cm³/mol. The molecule has 248 valence electrons. The maximum atomic E-state index is 16.3. The van der Waals surface area contributed by atoms with Gasteiger partial charge in [-0.3, -0.25) is 19.2 Å². The fourth-order valence-electron chi connectivity index (χ4n) is 7.37. The first kappa shape index (κ1) is 33.7. The van der Waals surface area contributed by atoms with Crippen LogP contribution in [0, 0.1) is 5.92 Å². The van der Waals surface area contributed by atoms with E-state index >= 15 is 4.11 Å². The molecule has 10 nitrogen and oxygen atoms in total. The first-order chi connectivity index (χ1) is 21.9. The minimum atomic E-state index is -3.53. The molecule has 0 aliphatic carbocycles. The molecule has 0 saturated carbocycles. The fourth-order valence-corrected chi connectivity index (χ4v) is 9.87. The Morgan fingerprint density at radius 1 is 1.15 bits per heavy atom. The molecule has 2 aromatic carbocycles. The number of halogens is 1. The molecular weight excluding hydrogens is 609 g/mol. The lowest BCUT2D eigenvalue weighted by atomic mass is 9.82. The molecule has 2 saturated heterocycles. The lowest BCUT2D eigenvalue weighted by Crippen LogP contribution is -2.46. The van der Waals surface area contributed by atoms with E-state index in [1.807, 2.05) is 55.5 Å². The Kier molecular flexibility index (Phi) is 9.99. The molecule has 5 rings (SSSR count). The van der Waals surface area contributed by atoms with Gasteiger partial charge in [-0.15, -0.1) is 0 Å². The Morgan fingerprint density at radius 2 is 1.89 bits per heavy atom. The van der Waals surface area contributed by atoms with Gasteiger partial charge in [0.2, 0.25) is 20.2 Å². The van der Waals surface area contributed by atoms with Crippen LogP contribution in [0.25, 0.3) is 0 Å². The second-order valence-electron chi connectivity index (χ2n) is 13.0. The summed E-state index contributed by atoms with van der Waals surface area (Å²) in [5, 5.41) is 9.75. The molecule has 0 aromatic heterocycles. The number of carbonyl (C=O) groups is 4. The van der Waals surface area contributed by atoms with E-state index in [2.05, 4.69) is 0 Å². The molecule has 4 atom stereocenters. The van der Waals surface area contributed by atoms with E-state index in [9.17, 15) is 24.3 Å². The van der Waals surface area contributed by atoms with Gasteiger partial charge in [-0.05, 0) is 49.7 Å². The Balaban J connectivity index is 1.49. The minimum Gasteiger partial charge on any atom is -0.469 e. The number of ether oxygens (including phenoxy) is 2. The van der Waals surface area contributed by atoms with Crippen LogP contribution in [-0.4, -0.2) is 81.6 Å². The van der Waals surface area contributed by atoms with E-state index < -0.39 is 31.6 Å². The van der Waals surface area contributed by atoms with Gasteiger partial charge in [0, 0.05) is 61.7 Å². The molecule has 2 aromatic rings. The van der Waals surface area contributed by atoms with Crippen molar-refractivity contribution in [3.8, 4) is 0 Å². The van der Waals surface area contributed by atoms with Crippen LogP contribution in [0.1, 0.15) is 50.2 Å². The Hall–Kier alpha value is -3.61. The topological polar surface area (TPSA) is 117 Å². The highest BCUT2D eigenvalue weighted by Crippen LogP contribution is 2.60. The molecule has 0 radical (unpaired) electrons. The number of rotatable bonds is 13. The number of nitrogens with zero attached hydrogens (tertiary/aromatic N) is 3. The number of hydrogen-bond donors (Lipinski definition) is 1. The molecule has 3 heterocycles. The van der Waals surface area contributed by atoms with Crippen molar-refractivity contribution in [3.05, 3.63) is 59.7 Å². The SMILES string of the molecule is COC(=O)CCCCN1C(=O)[C@@]2(O[C@@H](CC(=O)N(CCO)Cc3ccccc3)[C@H]([Si](C)(C)F)[C@H]2C)c2cc(N3CCC3=O)ccc21. The number of esters is 1. The lowest BCUT2D eigenvalue weighted by molar-refractivity contribution is -0.149. The highest BCUT2D eigenvalue weighted by molar-refractivity contribution is 6.72. The molecule has 2 fully saturated rings. The summed E-state index contributed by atoms with van der Waals surface area (Å²) in [6.07, 6.45) is 0.693. The van der Waals surface area contributed by atoms with Gasteiger partial charge in [-0.25, -0.2) is 0 Å². The molecule has 1 N–H and O–H groups in total. The number of β-lactam (4-membered cyclic amide) rings is 1. The first-order valence-corrected chi connectivity index (χ1v) is 19.0. The number of hydrogen-bond acceptors (Lipinski definition) is 7. The van der Waals surface area contributed by atoms with Gasteiger partial charge in [-0.2, -0.15) is 0 Å². The molecule has 0 bridgehead atoms. The Morgan fingerprint density at radius 3 is 2.50 bits per heavy atom. The van der Waals surface area contributed by atoms with Crippen molar-refractivity contribution in [2.24, 2.45) is 5.92 Å². The van der Waals surface area contributed by atoms with Crippen LogP contribution in [0.5, 0.6) is 0 Å². The van der Waals surface area contributed by atoms with Crippen molar-refractivity contribution in [1.29, 1.82) is 0 Å². The third-order valence-corrected chi connectivity index (χ3v) is 12.1. The summed E-state index contributed by atoms with van der Waals surface area (Å²) in [6, 6.07) is 14.9. The second kappa shape index (κ2) is 13.6. The zero-order chi connectivity index (χ0) is 33.2. The summed E-state index contributed by atoms with van der Waals surface area (Å²) in [5.74, 6) is -1.56. The number of benzene rings is 2. The van der Waals surface area contributed by atoms with E-state index in [4.69, 9.17) is 9.47 Å². The molecule has 3 aliphatic heterocycles. The zero-order valence-corrected chi connectivity index (χ0v) is 28.0. The maximum absolute atomic E-state index is 16.3. The molecule has 1 spiro atoms. The van der Waals surface area contributed by atoms with Crippen LogP contribution in [0.4, 0.5) is 15.5 Å². The van der Waals surface area contributed by atoms with E-state index in [1.165, 1.54) is 7.11 Å². The van der Waals surface area contributed by atoms with Crippen LogP contribution in [-0.2, 0) is 40.8 Å². The van der Waals surface area contributed by atoms with Crippen molar-refractivity contribution in [2.75, 3.05) is 43.2 Å². The third kappa shape index (κ3) is 6.34. The fraction of sp³-hybridized carbons (Fsp3) is 0.529. The largest absolute Gasteiger partial charge is 0.469 e.